The number of carbonyl (C=O) groups is 2. The summed E-state index contributed by atoms with van der Waals surface area (Å²) < 4.78 is 0. The molecule has 0 saturated carbocycles. The van der Waals surface area contributed by atoms with Crippen molar-refractivity contribution in [2.45, 2.75) is 32.4 Å². The maximum Gasteiger partial charge on any atom is 0.228 e. The van der Waals surface area contributed by atoms with Crippen molar-refractivity contribution in [3.05, 3.63) is 29.3 Å². The van der Waals surface area contributed by atoms with Crippen LogP contribution in [0.4, 0.5) is 5.69 Å². The maximum atomic E-state index is 12.0. The van der Waals surface area contributed by atoms with Crippen LogP contribution in [0.5, 0.6) is 0 Å². The van der Waals surface area contributed by atoms with E-state index in [9.17, 15) is 9.59 Å². The van der Waals surface area contributed by atoms with Crippen molar-refractivity contribution in [3.63, 3.8) is 0 Å². The Hall–Kier alpha value is -1.29. The third-order valence-electron chi connectivity index (χ3n) is 3.22. The molecule has 1 atom stereocenters. The Morgan fingerprint density at radius 1 is 1.33 bits per heavy atom. The second-order valence-corrected chi connectivity index (χ2v) is 6.19. The van der Waals surface area contributed by atoms with Gasteiger partial charge < -0.3 is 4.90 Å². The first-order chi connectivity index (χ1) is 8.47. The number of rotatable bonds is 2. The van der Waals surface area contributed by atoms with Crippen molar-refractivity contribution in [2.75, 3.05) is 11.4 Å². The minimum absolute atomic E-state index is 0.0785. The number of benzene rings is 1. The van der Waals surface area contributed by atoms with E-state index in [1.165, 1.54) is 22.9 Å². The normalized spacial score (nSPS) is 19.4. The van der Waals surface area contributed by atoms with Gasteiger partial charge in [0.05, 0.1) is 0 Å². The molecule has 18 heavy (non-hydrogen) atoms. The molecule has 0 N–H and O–H groups in total. The smallest absolute Gasteiger partial charge is 0.228 e. The molecule has 0 bridgehead atoms. The van der Waals surface area contributed by atoms with Gasteiger partial charge in [0.2, 0.25) is 5.91 Å². The molecule has 1 aromatic carbocycles. The van der Waals surface area contributed by atoms with Crippen LogP contribution in [0.1, 0.15) is 24.5 Å². The molecule has 0 aliphatic carbocycles. The summed E-state index contributed by atoms with van der Waals surface area (Å²) in [7, 11) is 0. The Bertz CT molecular complexity index is 499. The van der Waals surface area contributed by atoms with Crippen LogP contribution in [-0.2, 0) is 9.59 Å². The van der Waals surface area contributed by atoms with E-state index in [1.54, 1.807) is 11.8 Å². The predicted molar refractivity (Wildman–Crippen MR) is 74.9 cm³/mol. The van der Waals surface area contributed by atoms with E-state index < -0.39 is 0 Å². The second-order valence-electron chi connectivity index (χ2n) is 4.71. The van der Waals surface area contributed by atoms with Gasteiger partial charge in [0.1, 0.15) is 0 Å². The highest BCUT2D eigenvalue weighted by molar-refractivity contribution is 8.14. The van der Waals surface area contributed by atoms with E-state index in [0.29, 0.717) is 13.0 Å². The molecule has 0 spiro atoms. The summed E-state index contributed by atoms with van der Waals surface area (Å²) in [4.78, 5) is 24.8. The number of hydrogen-bond donors (Lipinski definition) is 0. The van der Waals surface area contributed by atoms with E-state index >= 15 is 0 Å². The number of nitrogens with zero attached hydrogens (tertiary/aromatic N) is 1. The van der Waals surface area contributed by atoms with Gasteiger partial charge in [0.15, 0.2) is 5.12 Å². The molecule has 1 amide bonds. The van der Waals surface area contributed by atoms with E-state index in [-0.39, 0.29) is 16.3 Å². The largest absolute Gasteiger partial charge is 0.311 e. The monoisotopic (exact) mass is 263 g/mol. The Morgan fingerprint density at radius 3 is 2.67 bits per heavy atom. The third kappa shape index (κ3) is 2.75. The molecular weight excluding hydrogens is 246 g/mol. The van der Waals surface area contributed by atoms with E-state index in [0.717, 1.165) is 5.69 Å². The van der Waals surface area contributed by atoms with Gasteiger partial charge >= 0.3 is 0 Å². The van der Waals surface area contributed by atoms with Crippen molar-refractivity contribution in [2.24, 2.45) is 0 Å². The molecule has 1 unspecified atom stereocenters. The summed E-state index contributed by atoms with van der Waals surface area (Å²) in [6.45, 7) is 6.28. The fourth-order valence-corrected chi connectivity index (χ4v) is 3.05. The predicted octanol–water partition coefficient (Wildman–Crippen LogP) is 2.69. The average molecular weight is 263 g/mol. The van der Waals surface area contributed by atoms with Crippen molar-refractivity contribution in [1.82, 2.24) is 0 Å². The highest BCUT2D eigenvalue weighted by Gasteiger charge is 2.31. The van der Waals surface area contributed by atoms with Gasteiger partial charge in [0.25, 0.3) is 0 Å². The van der Waals surface area contributed by atoms with E-state index in [4.69, 9.17) is 0 Å². The summed E-state index contributed by atoms with van der Waals surface area (Å²) in [5.74, 6) is 0.108. The highest BCUT2D eigenvalue weighted by atomic mass is 32.2. The van der Waals surface area contributed by atoms with E-state index in [2.05, 4.69) is 6.92 Å². The first-order valence-electron chi connectivity index (χ1n) is 6.02. The highest BCUT2D eigenvalue weighted by Crippen LogP contribution is 2.29. The van der Waals surface area contributed by atoms with Gasteiger partial charge in [-0.2, -0.15) is 0 Å². The fraction of sp³-hybridized carbons (Fsp3) is 0.429. The van der Waals surface area contributed by atoms with Crippen LogP contribution < -0.4 is 4.90 Å². The number of thioether (sulfide) groups is 1. The van der Waals surface area contributed by atoms with Gasteiger partial charge in [-0.05, 0) is 37.1 Å². The number of amides is 1. The van der Waals surface area contributed by atoms with Crippen LogP contribution in [0.15, 0.2) is 18.2 Å². The number of aryl methyl sites for hydroxylation is 2. The summed E-state index contributed by atoms with van der Waals surface area (Å²) >= 11 is 1.27. The molecule has 3 nitrogen and oxygen atoms in total. The van der Waals surface area contributed by atoms with Crippen molar-refractivity contribution in [3.8, 4) is 0 Å². The molecule has 1 saturated heterocycles. The quantitative estimate of drug-likeness (QED) is 0.823. The minimum Gasteiger partial charge on any atom is -0.311 e. The third-order valence-corrected chi connectivity index (χ3v) is 4.21. The standard InChI is InChI=1S/C14H17NO2S/c1-9-4-5-12(6-10(9)2)15-8-13(7-14(15)17)18-11(3)16/h4-6,13H,7-8H2,1-3H3. The van der Waals surface area contributed by atoms with Gasteiger partial charge in [-0.25, -0.2) is 0 Å². The zero-order chi connectivity index (χ0) is 13.3. The first kappa shape index (κ1) is 13.1. The molecule has 1 heterocycles. The Morgan fingerprint density at radius 2 is 2.06 bits per heavy atom. The van der Waals surface area contributed by atoms with Crippen LogP contribution in [0, 0.1) is 13.8 Å². The molecule has 4 heteroatoms. The molecule has 96 valence electrons. The summed E-state index contributed by atoms with van der Waals surface area (Å²) in [5.41, 5.74) is 3.35. The SMILES string of the molecule is CC(=O)SC1CC(=O)N(c2ccc(C)c(C)c2)C1. The molecule has 0 aromatic heterocycles. The van der Waals surface area contributed by atoms with Crippen LogP contribution >= 0.6 is 11.8 Å². The number of hydrogen-bond acceptors (Lipinski definition) is 3. The molecule has 1 aliphatic heterocycles. The summed E-state index contributed by atoms with van der Waals surface area (Å²) in [5, 5.41) is 0.173. The Labute approximate surface area is 112 Å². The lowest BCUT2D eigenvalue weighted by atomic mass is 10.1. The lowest BCUT2D eigenvalue weighted by molar-refractivity contribution is -0.117. The molecule has 1 aliphatic rings. The fourth-order valence-electron chi connectivity index (χ4n) is 2.13. The zero-order valence-corrected chi connectivity index (χ0v) is 11.7. The lowest BCUT2D eigenvalue weighted by Gasteiger charge is -2.17. The van der Waals surface area contributed by atoms with Gasteiger partial charge in [-0.1, -0.05) is 17.8 Å². The second kappa shape index (κ2) is 5.14. The lowest BCUT2D eigenvalue weighted by Crippen LogP contribution is -2.25. The van der Waals surface area contributed by atoms with Crippen LogP contribution in [-0.4, -0.2) is 22.8 Å². The Kier molecular flexibility index (Phi) is 3.76. The number of carbonyl (C=O) groups excluding carboxylic acids is 2. The minimum atomic E-state index is 0.0785. The molecule has 1 fully saturated rings. The molecule has 0 radical (unpaired) electrons. The van der Waals surface area contributed by atoms with Gasteiger partial charge in [-0.3, -0.25) is 9.59 Å². The molecule has 1 aromatic rings. The van der Waals surface area contributed by atoms with Gasteiger partial charge in [0, 0.05) is 30.8 Å². The molecule has 2 rings (SSSR count). The van der Waals surface area contributed by atoms with Crippen molar-refractivity contribution < 1.29 is 9.59 Å². The van der Waals surface area contributed by atoms with Crippen LogP contribution in [0.2, 0.25) is 0 Å². The molecular formula is C14H17NO2S. The van der Waals surface area contributed by atoms with Crippen molar-refractivity contribution in [1.29, 1.82) is 0 Å². The topological polar surface area (TPSA) is 37.4 Å². The number of anilines is 1. The first-order valence-corrected chi connectivity index (χ1v) is 6.90. The van der Waals surface area contributed by atoms with Crippen LogP contribution in [0.25, 0.3) is 0 Å². The van der Waals surface area contributed by atoms with E-state index in [1.807, 2.05) is 25.1 Å². The average Bonchev–Trinajstić information content (AvgIpc) is 2.62. The zero-order valence-electron chi connectivity index (χ0n) is 10.9. The van der Waals surface area contributed by atoms with Crippen LogP contribution in [0.3, 0.4) is 0 Å². The van der Waals surface area contributed by atoms with Crippen molar-refractivity contribution >= 4 is 28.5 Å². The maximum absolute atomic E-state index is 12.0. The summed E-state index contributed by atoms with van der Waals surface area (Å²) in [6, 6.07) is 6.04. The summed E-state index contributed by atoms with van der Waals surface area (Å²) in [6.07, 6.45) is 0.456. The van der Waals surface area contributed by atoms with Gasteiger partial charge in [-0.15, -0.1) is 0 Å². The Balaban J connectivity index is 2.16.